The highest BCUT2D eigenvalue weighted by molar-refractivity contribution is 4.91. The van der Waals surface area contributed by atoms with Crippen LogP contribution in [0.25, 0.3) is 0 Å². The summed E-state index contributed by atoms with van der Waals surface area (Å²) in [7, 11) is 0. The normalized spacial score (nSPS) is 12.3. The minimum atomic E-state index is 0.597. The predicted octanol–water partition coefficient (Wildman–Crippen LogP) is 7.65. The van der Waals surface area contributed by atoms with Crippen LogP contribution in [0.1, 0.15) is 111 Å². The number of rotatable bonds is 17. The molecule has 0 aromatic rings. The first-order chi connectivity index (χ1) is 10.8. The molecule has 0 amide bonds. The highest BCUT2D eigenvalue weighted by Gasteiger charge is 2.13. The van der Waals surface area contributed by atoms with E-state index in [1.54, 1.807) is 0 Å². The molecule has 22 heavy (non-hydrogen) atoms. The highest BCUT2D eigenvalue weighted by Crippen LogP contribution is 2.25. The van der Waals surface area contributed by atoms with Crippen LogP contribution < -0.4 is 0 Å². The van der Waals surface area contributed by atoms with Crippen molar-refractivity contribution in [1.82, 2.24) is 0 Å². The molecule has 0 saturated carbocycles. The van der Waals surface area contributed by atoms with Crippen LogP contribution in [0.3, 0.4) is 0 Å². The van der Waals surface area contributed by atoms with Gasteiger partial charge >= 0.3 is 0 Å². The van der Waals surface area contributed by atoms with Crippen molar-refractivity contribution in [3.8, 4) is 0 Å². The van der Waals surface area contributed by atoms with Gasteiger partial charge in [0.25, 0.3) is 0 Å². The Kier molecular flexibility index (Phi) is 16.5. The van der Waals surface area contributed by atoms with Gasteiger partial charge in [-0.25, -0.2) is 0 Å². The molecule has 1 heteroatoms. The van der Waals surface area contributed by atoms with Crippen LogP contribution >= 0.6 is 0 Å². The van der Waals surface area contributed by atoms with Crippen molar-refractivity contribution >= 4 is 0 Å². The SMILES string of the molecule is C=C(OCCCC)C(CCCCCC)CCCCCCCC. The van der Waals surface area contributed by atoms with Crippen LogP contribution in [-0.2, 0) is 4.74 Å². The third kappa shape index (κ3) is 13.2. The topological polar surface area (TPSA) is 9.23 Å². The van der Waals surface area contributed by atoms with E-state index in [-0.39, 0.29) is 0 Å². The number of unbranched alkanes of at least 4 members (excludes halogenated alkanes) is 9. The fourth-order valence-corrected chi connectivity index (χ4v) is 2.92. The van der Waals surface area contributed by atoms with Crippen LogP contribution in [0, 0.1) is 5.92 Å². The third-order valence-electron chi connectivity index (χ3n) is 4.55. The maximum atomic E-state index is 5.90. The van der Waals surface area contributed by atoms with E-state index in [0.717, 1.165) is 18.8 Å². The molecule has 0 aromatic heterocycles. The molecular weight excluding hydrogens is 268 g/mol. The Labute approximate surface area is 140 Å². The van der Waals surface area contributed by atoms with Gasteiger partial charge in [-0.05, 0) is 19.3 Å². The largest absolute Gasteiger partial charge is 0.498 e. The Balaban J connectivity index is 3.95. The standard InChI is InChI=1S/C21H42O/c1-5-8-11-13-14-16-18-21(17-15-12-9-6-2)20(4)22-19-10-7-3/h21H,4-19H2,1-3H3. The van der Waals surface area contributed by atoms with Crippen molar-refractivity contribution in [2.45, 2.75) is 111 Å². The molecule has 0 spiro atoms. The zero-order valence-corrected chi connectivity index (χ0v) is 15.8. The summed E-state index contributed by atoms with van der Waals surface area (Å²) in [6.07, 6.45) is 18.6. The lowest BCUT2D eigenvalue weighted by Gasteiger charge is -2.20. The number of allylic oxidation sites excluding steroid dienone is 1. The van der Waals surface area contributed by atoms with Crippen molar-refractivity contribution < 1.29 is 4.74 Å². The van der Waals surface area contributed by atoms with Gasteiger partial charge in [0.1, 0.15) is 0 Å². The monoisotopic (exact) mass is 310 g/mol. The average Bonchev–Trinajstić information content (AvgIpc) is 2.52. The summed E-state index contributed by atoms with van der Waals surface area (Å²) in [5.74, 6) is 1.67. The number of hydrogen-bond donors (Lipinski definition) is 0. The average molecular weight is 311 g/mol. The van der Waals surface area contributed by atoms with Gasteiger partial charge in [0.2, 0.25) is 0 Å². The van der Waals surface area contributed by atoms with E-state index in [4.69, 9.17) is 4.74 Å². The summed E-state index contributed by atoms with van der Waals surface area (Å²) in [5, 5.41) is 0. The third-order valence-corrected chi connectivity index (χ3v) is 4.55. The minimum Gasteiger partial charge on any atom is -0.498 e. The van der Waals surface area contributed by atoms with Crippen molar-refractivity contribution in [1.29, 1.82) is 0 Å². The lowest BCUT2D eigenvalue weighted by Crippen LogP contribution is -2.08. The van der Waals surface area contributed by atoms with E-state index in [2.05, 4.69) is 27.4 Å². The van der Waals surface area contributed by atoms with Gasteiger partial charge in [-0.2, -0.15) is 0 Å². The van der Waals surface area contributed by atoms with Crippen LogP contribution in [0.4, 0.5) is 0 Å². The van der Waals surface area contributed by atoms with Crippen molar-refractivity contribution in [2.24, 2.45) is 5.92 Å². The molecule has 132 valence electrons. The summed E-state index contributed by atoms with van der Waals surface area (Å²) in [5.41, 5.74) is 0. The molecular formula is C21H42O. The second-order valence-corrected chi connectivity index (χ2v) is 6.77. The summed E-state index contributed by atoms with van der Waals surface area (Å²) < 4.78 is 5.90. The van der Waals surface area contributed by atoms with Crippen LogP contribution in [-0.4, -0.2) is 6.61 Å². The lowest BCUT2D eigenvalue weighted by molar-refractivity contribution is 0.165. The molecule has 1 nitrogen and oxygen atoms in total. The van der Waals surface area contributed by atoms with Crippen molar-refractivity contribution in [3.05, 3.63) is 12.3 Å². The Hall–Kier alpha value is -0.460. The molecule has 0 heterocycles. The first-order valence-electron chi connectivity index (χ1n) is 10.1. The van der Waals surface area contributed by atoms with Crippen molar-refractivity contribution in [3.63, 3.8) is 0 Å². The smallest absolute Gasteiger partial charge is 0.0918 e. The molecule has 0 aliphatic rings. The van der Waals surface area contributed by atoms with Gasteiger partial charge in [0.15, 0.2) is 0 Å². The molecule has 0 rings (SSSR count). The minimum absolute atomic E-state index is 0.597. The molecule has 0 fully saturated rings. The van der Waals surface area contributed by atoms with E-state index in [9.17, 15) is 0 Å². The first-order valence-corrected chi connectivity index (χ1v) is 10.1. The van der Waals surface area contributed by atoms with Crippen LogP contribution in [0.5, 0.6) is 0 Å². The quantitative estimate of drug-likeness (QED) is 0.198. The maximum absolute atomic E-state index is 5.90. The molecule has 1 unspecified atom stereocenters. The van der Waals surface area contributed by atoms with Crippen LogP contribution in [0.15, 0.2) is 12.3 Å². The summed E-state index contributed by atoms with van der Waals surface area (Å²) in [6, 6.07) is 0. The van der Waals surface area contributed by atoms with E-state index in [1.165, 1.54) is 83.5 Å². The first kappa shape index (κ1) is 21.5. The van der Waals surface area contributed by atoms with Gasteiger partial charge in [0, 0.05) is 5.92 Å². The molecule has 0 saturated heterocycles. The fourth-order valence-electron chi connectivity index (χ4n) is 2.92. The summed E-state index contributed by atoms with van der Waals surface area (Å²) in [4.78, 5) is 0. The number of hydrogen-bond acceptors (Lipinski definition) is 1. The van der Waals surface area contributed by atoms with E-state index in [0.29, 0.717) is 5.92 Å². The van der Waals surface area contributed by atoms with Gasteiger partial charge in [-0.1, -0.05) is 98.0 Å². The molecule has 0 N–H and O–H groups in total. The zero-order valence-electron chi connectivity index (χ0n) is 15.8. The maximum Gasteiger partial charge on any atom is 0.0918 e. The highest BCUT2D eigenvalue weighted by atomic mass is 16.5. The fraction of sp³-hybridized carbons (Fsp3) is 0.905. The van der Waals surface area contributed by atoms with Crippen molar-refractivity contribution in [2.75, 3.05) is 6.61 Å². The summed E-state index contributed by atoms with van der Waals surface area (Å²) >= 11 is 0. The van der Waals surface area contributed by atoms with Crippen LogP contribution in [0.2, 0.25) is 0 Å². The van der Waals surface area contributed by atoms with Gasteiger partial charge in [-0.15, -0.1) is 0 Å². The van der Waals surface area contributed by atoms with Gasteiger partial charge < -0.3 is 4.74 Å². The number of ether oxygens (including phenoxy) is 1. The lowest BCUT2D eigenvalue weighted by atomic mass is 9.93. The van der Waals surface area contributed by atoms with Gasteiger partial charge in [-0.3, -0.25) is 0 Å². The molecule has 0 aliphatic heterocycles. The van der Waals surface area contributed by atoms with E-state index >= 15 is 0 Å². The molecule has 0 aromatic carbocycles. The molecule has 0 bridgehead atoms. The Morgan fingerprint density at radius 3 is 1.68 bits per heavy atom. The van der Waals surface area contributed by atoms with Gasteiger partial charge in [0.05, 0.1) is 12.4 Å². The second-order valence-electron chi connectivity index (χ2n) is 6.77. The second kappa shape index (κ2) is 16.9. The molecule has 0 aliphatic carbocycles. The zero-order chi connectivity index (χ0) is 16.5. The van der Waals surface area contributed by atoms with E-state index < -0.39 is 0 Å². The molecule has 1 atom stereocenters. The summed E-state index contributed by atoms with van der Waals surface area (Å²) in [6.45, 7) is 11.9. The molecule has 0 radical (unpaired) electrons. The van der Waals surface area contributed by atoms with E-state index in [1.807, 2.05) is 0 Å². The Morgan fingerprint density at radius 1 is 0.682 bits per heavy atom. The Bertz CT molecular complexity index is 234. The Morgan fingerprint density at radius 2 is 1.14 bits per heavy atom. The predicted molar refractivity (Wildman–Crippen MR) is 100 cm³/mol.